The minimum absolute atomic E-state index is 0.187. The van der Waals surface area contributed by atoms with Crippen molar-refractivity contribution in [1.82, 2.24) is 4.90 Å². The van der Waals surface area contributed by atoms with Gasteiger partial charge in [0.25, 0.3) is 17.7 Å². The number of amides is 3. The zero-order chi connectivity index (χ0) is 20.5. The van der Waals surface area contributed by atoms with Crippen LogP contribution in [0.5, 0.6) is 0 Å². The van der Waals surface area contributed by atoms with Gasteiger partial charge in [-0.25, -0.2) is 4.90 Å². The molecule has 4 rings (SSSR count). The van der Waals surface area contributed by atoms with Gasteiger partial charge in [0.2, 0.25) is 0 Å². The van der Waals surface area contributed by atoms with Crippen LogP contribution in [0, 0.1) is 5.92 Å². The predicted octanol–water partition coefficient (Wildman–Crippen LogP) is 2.51. The normalized spacial score (nSPS) is 18.6. The minimum Gasteiger partial charge on any atom is -0.469 e. The van der Waals surface area contributed by atoms with Gasteiger partial charge >= 0.3 is 5.97 Å². The fourth-order valence-corrected chi connectivity index (χ4v) is 3.88. The number of likely N-dealkylation sites (tertiary alicyclic amines) is 1. The van der Waals surface area contributed by atoms with Crippen molar-refractivity contribution in [1.29, 1.82) is 0 Å². The molecule has 0 saturated carbocycles. The van der Waals surface area contributed by atoms with Gasteiger partial charge in [-0.15, -0.1) is 0 Å². The third-order valence-corrected chi connectivity index (χ3v) is 5.41. The summed E-state index contributed by atoms with van der Waals surface area (Å²) in [5.41, 5.74) is 1.61. The highest BCUT2D eigenvalue weighted by Crippen LogP contribution is 2.29. The molecule has 2 aromatic rings. The summed E-state index contributed by atoms with van der Waals surface area (Å²) >= 11 is 0. The Kier molecular flexibility index (Phi) is 4.88. The number of methoxy groups -OCH3 is 1. The van der Waals surface area contributed by atoms with E-state index in [0.717, 1.165) is 11.3 Å². The van der Waals surface area contributed by atoms with Gasteiger partial charge in [0.15, 0.2) is 0 Å². The molecule has 7 heteroatoms. The molecule has 29 heavy (non-hydrogen) atoms. The molecule has 148 valence electrons. The zero-order valence-electron chi connectivity index (χ0n) is 16.0. The second-order valence-electron chi connectivity index (χ2n) is 7.15. The Bertz CT molecular complexity index is 964. The van der Waals surface area contributed by atoms with E-state index in [1.165, 1.54) is 7.11 Å². The first-order valence-corrected chi connectivity index (χ1v) is 9.46. The van der Waals surface area contributed by atoms with E-state index in [0.29, 0.717) is 41.9 Å². The second-order valence-corrected chi connectivity index (χ2v) is 7.15. The fraction of sp³-hybridized carbons (Fsp3) is 0.273. The lowest BCUT2D eigenvalue weighted by molar-refractivity contribution is -0.146. The maximum atomic E-state index is 12.8. The van der Waals surface area contributed by atoms with Crippen molar-refractivity contribution in [2.45, 2.75) is 12.8 Å². The van der Waals surface area contributed by atoms with E-state index in [1.807, 2.05) is 0 Å². The number of esters is 1. The van der Waals surface area contributed by atoms with Gasteiger partial charge in [-0.05, 0) is 49.2 Å². The Balaban J connectivity index is 1.51. The molecule has 7 nitrogen and oxygen atoms in total. The molecule has 2 aliphatic heterocycles. The number of hydrogen-bond acceptors (Lipinski definition) is 5. The maximum Gasteiger partial charge on any atom is 0.310 e. The van der Waals surface area contributed by atoms with Crippen molar-refractivity contribution < 1.29 is 23.9 Å². The second kappa shape index (κ2) is 7.50. The molecule has 1 atom stereocenters. The topological polar surface area (TPSA) is 84.0 Å². The van der Waals surface area contributed by atoms with E-state index < -0.39 is 0 Å². The summed E-state index contributed by atoms with van der Waals surface area (Å²) in [6, 6.07) is 13.1. The number of imide groups is 1. The van der Waals surface area contributed by atoms with E-state index in [-0.39, 0.29) is 29.6 Å². The van der Waals surface area contributed by atoms with E-state index >= 15 is 0 Å². The molecule has 0 radical (unpaired) electrons. The highest BCUT2D eigenvalue weighted by molar-refractivity contribution is 6.34. The van der Waals surface area contributed by atoms with Crippen LogP contribution in [0.3, 0.4) is 0 Å². The van der Waals surface area contributed by atoms with E-state index in [2.05, 4.69) is 0 Å². The minimum atomic E-state index is -0.373. The standard InChI is InChI=1S/C22H20N2O5/c1-29-22(28)15-5-4-12-23(13-15)19(25)14-8-10-16(11-9-14)24-20(26)17-6-2-3-7-18(17)21(24)27/h2-3,6-11,15H,4-5,12-13H2,1H3. The highest BCUT2D eigenvalue weighted by Gasteiger charge is 2.36. The van der Waals surface area contributed by atoms with E-state index in [9.17, 15) is 19.2 Å². The van der Waals surface area contributed by atoms with Crippen LogP contribution in [0.25, 0.3) is 0 Å². The van der Waals surface area contributed by atoms with Crippen LogP contribution in [0.2, 0.25) is 0 Å². The number of piperidine rings is 1. The summed E-state index contributed by atoms with van der Waals surface area (Å²) in [5.74, 6) is -1.55. The molecule has 0 aliphatic carbocycles. The van der Waals surface area contributed by atoms with Crippen LogP contribution in [-0.4, -0.2) is 48.8 Å². The number of hydrogen-bond donors (Lipinski definition) is 0. The van der Waals surface area contributed by atoms with Crippen LogP contribution in [0.4, 0.5) is 5.69 Å². The molecule has 2 aromatic carbocycles. The molecule has 2 aliphatic rings. The first-order chi connectivity index (χ1) is 14.0. The van der Waals surface area contributed by atoms with Crippen LogP contribution < -0.4 is 4.90 Å². The van der Waals surface area contributed by atoms with Crippen molar-refractivity contribution in [2.75, 3.05) is 25.1 Å². The number of carbonyl (C=O) groups excluding carboxylic acids is 4. The molecule has 2 heterocycles. The highest BCUT2D eigenvalue weighted by atomic mass is 16.5. The number of benzene rings is 2. The summed E-state index contributed by atoms with van der Waals surface area (Å²) in [4.78, 5) is 52.5. The third kappa shape index (κ3) is 3.29. The van der Waals surface area contributed by atoms with E-state index in [1.54, 1.807) is 53.4 Å². The Morgan fingerprint density at radius 2 is 1.59 bits per heavy atom. The van der Waals surface area contributed by atoms with Crippen LogP contribution in [-0.2, 0) is 9.53 Å². The number of ether oxygens (including phenoxy) is 1. The Hall–Kier alpha value is -3.48. The monoisotopic (exact) mass is 392 g/mol. The molecule has 1 unspecified atom stereocenters. The van der Waals surface area contributed by atoms with Gasteiger partial charge < -0.3 is 9.64 Å². The van der Waals surface area contributed by atoms with Gasteiger partial charge in [-0.1, -0.05) is 12.1 Å². The summed E-state index contributed by atoms with van der Waals surface area (Å²) in [6.07, 6.45) is 1.44. The smallest absolute Gasteiger partial charge is 0.310 e. The third-order valence-electron chi connectivity index (χ3n) is 5.41. The number of anilines is 1. The summed E-state index contributed by atoms with van der Waals surface area (Å²) in [5, 5.41) is 0. The van der Waals surface area contributed by atoms with Gasteiger partial charge in [0, 0.05) is 18.7 Å². The number of fused-ring (bicyclic) bond motifs is 1. The van der Waals surface area contributed by atoms with Crippen LogP contribution in [0.15, 0.2) is 48.5 Å². The lowest BCUT2D eigenvalue weighted by Crippen LogP contribution is -2.42. The Labute approximate surface area is 167 Å². The fourth-order valence-electron chi connectivity index (χ4n) is 3.88. The predicted molar refractivity (Wildman–Crippen MR) is 105 cm³/mol. The largest absolute Gasteiger partial charge is 0.469 e. The molecule has 3 amide bonds. The summed E-state index contributed by atoms with van der Waals surface area (Å²) in [7, 11) is 1.35. The first kappa shape index (κ1) is 18.9. The molecule has 0 bridgehead atoms. The van der Waals surface area contributed by atoms with Gasteiger partial charge in [-0.2, -0.15) is 0 Å². The molecule has 1 saturated heterocycles. The van der Waals surface area contributed by atoms with Crippen molar-refractivity contribution in [2.24, 2.45) is 5.92 Å². The van der Waals surface area contributed by atoms with E-state index in [4.69, 9.17) is 4.74 Å². The number of nitrogens with zero attached hydrogens (tertiary/aromatic N) is 2. The average molecular weight is 392 g/mol. The van der Waals surface area contributed by atoms with Gasteiger partial charge in [0.1, 0.15) is 0 Å². The van der Waals surface area contributed by atoms with Gasteiger partial charge in [-0.3, -0.25) is 19.2 Å². The average Bonchev–Trinajstić information content (AvgIpc) is 3.03. The number of carbonyl (C=O) groups is 4. The lowest BCUT2D eigenvalue weighted by Gasteiger charge is -2.31. The van der Waals surface area contributed by atoms with Gasteiger partial charge in [0.05, 0.1) is 29.8 Å². The molecule has 0 aromatic heterocycles. The first-order valence-electron chi connectivity index (χ1n) is 9.46. The SMILES string of the molecule is COC(=O)C1CCCN(C(=O)c2ccc(N3C(=O)c4ccccc4C3=O)cc2)C1. The summed E-state index contributed by atoms with van der Waals surface area (Å²) < 4.78 is 4.80. The van der Waals surface area contributed by atoms with Crippen molar-refractivity contribution in [3.8, 4) is 0 Å². The molecule has 0 spiro atoms. The quantitative estimate of drug-likeness (QED) is 0.592. The molecule has 1 fully saturated rings. The number of rotatable bonds is 3. The maximum absolute atomic E-state index is 12.8. The molecule has 0 N–H and O–H groups in total. The zero-order valence-corrected chi connectivity index (χ0v) is 16.0. The summed E-state index contributed by atoms with van der Waals surface area (Å²) in [6.45, 7) is 0.901. The molecular formula is C22H20N2O5. The van der Waals surface area contributed by atoms with Crippen LogP contribution in [0.1, 0.15) is 43.9 Å². The lowest BCUT2D eigenvalue weighted by atomic mass is 9.97. The van der Waals surface area contributed by atoms with Crippen molar-refractivity contribution in [3.63, 3.8) is 0 Å². The molecular weight excluding hydrogens is 372 g/mol. The van der Waals surface area contributed by atoms with Crippen molar-refractivity contribution in [3.05, 3.63) is 65.2 Å². The van der Waals surface area contributed by atoms with Crippen LogP contribution >= 0.6 is 0 Å². The Morgan fingerprint density at radius 1 is 0.966 bits per heavy atom. The Morgan fingerprint density at radius 3 is 2.17 bits per heavy atom. The van der Waals surface area contributed by atoms with Crippen molar-refractivity contribution >= 4 is 29.4 Å².